The molecule has 3 rings (SSSR count). The van der Waals surface area contributed by atoms with Crippen molar-refractivity contribution < 1.29 is 23.3 Å². The lowest BCUT2D eigenvalue weighted by molar-refractivity contribution is -0.384. The van der Waals surface area contributed by atoms with Gasteiger partial charge in [0.05, 0.1) is 11.0 Å². The summed E-state index contributed by atoms with van der Waals surface area (Å²) in [4.78, 5) is 40.4. The minimum atomic E-state index is -0.926. The summed E-state index contributed by atoms with van der Waals surface area (Å²) in [5.41, 5.74) is -1.47. The number of benzene rings is 2. The topological polar surface area (TPSA) is 103 Å². The highest BCUT2D eigenvalue weighted by Gasteiger charge is 2.20. The van der Waals surface area contributed by atoms with E-state index in [4.69, 9.17) is 4.84 Å². The molecule has 0 saturated heterocycles. The highest BCUT2D eigenvalue weighted by atomic mass is 19.1. The lowest BCUT2D eigenvalue weighted by atomic mass is 10.2. The Kier molecular flexibility index (Phi) is 5.63. The van der Waals surface area contributed by atoms with Gasteiger partial charge in [0.1, 0.15) is 29.5 Å². The number of nitro benzene ring substituents is 1. The second kappa shape index (κ2) is 8.30. The van der Waals surface area contributed by atoms with Crippen LogP contribution in [0.3, 0.4) is 0 Å². The second-order valence-electron chi connectivity index (χ2n) is 5.83. The number of amides is 1. The number of rotatable bonds is 6. The van der Waals surface area contributed by atoms with Crippen molar-refractivity contribution in [3.8, 4) is 0 Å². The van der Waals surface area contributed by atoms with E-state index in [1.54, 1.807) is 0 Å². The van der Waals surface area contributed by atoms with Gasteiger partial charge in [0.25, 0.3) is 17.2 Å². The van der Waals surface area contributed by atoms with Crippen LogP contribution in [-0.4, -0.2) is 15.6 Å². The third-order valence-electron chi connectivity index (χ3n) is 3.85. The van der Waals surface area contributed by atoms with Gasteiger partial charge in [0, 0.05) is 6.20 Å². The Balaban J connectivity index is 1.80. The molecule has 1 aromatic heterocycles. The van der Waals surface area contributed by atoms with Crippen LogP contribution in [0.2, 0.25) is 0 Å². The van der Waals surface area contributed by atoms with Crippen molar-refractivity contribution in [1.82, 2.24) is 4.73 Å². The molecule has 0 radical (unpaired) electrons. The maximum absolute atomic E-state index is 13.2. The molecule has 0 atom stereocenters. The van der Waals surface area contributed by atoms with E-state index in [1.165, 1.54) is 42.6 Å². The van der Waals surface area contributed by atoms with E-state index in [0.717, 1.165) is 16.9 Å². The summed E-state index contributed by atoms with van der Waals surface area (Å²) in [5, 5.41) is 13.3. The Morgan fingerprint density at radius 2 is 1.79 bits per heavy atom. The first-order valence-corrected chi connectivity index (χ1v) is 8.20. The average Bonchev–Trinajstić information content (AvgIpc) is 2.69. The van der Waals surface area contributed by atoms with E-state index >= 15 is 0 Å². The lowest BCUT2D eigenvalue weighted by Crippen LogP contribution is -2.32. The highest BCUT2D eigenvalue weighted by molar-refractivity contribution is 6.05. The van der Waals surface area contributed by atoms with Crippen molar-refractivity contribution in [2.24, 2.45) is 0 Å². The Bertz CT molecular complexity index is 1130. The van der Waals surface area contributed by atoms with Gasteiger partial charge >= 0.3 is 0 Å². The van der Waals surface area contributed by atoms with Crippen molar-refractivity contribution >= 4 is 17.3 Å². The van der Waals surface area contributed by atoms with Crippen LogP contribution < -0.4 is 15.7 Å². The second-order valence-corrected chi connectivity index (χ2v) is 5.83. The van der Waals surface area contributed by atoms with Crippen molar-refractivity contribution in [3.05, 3.63) is 104 Å². The molecule has 0 aliphatic rings. The quantitative estimate of drug-likeness (QED) is 0.505. The fourth-order valence-corrected chi connectivity index (χ4v) is 2.43. The van der Waals surface area contributed by atoms with Crippen LogP contribution in [0.4, 0.5) is 20.2 Å². The summed E-state index contributed by atoms with van der Waals surface area (Å²) in [6.45, 7) is -0.0608. The largest absolute Gasteiger partial charge is 0.406 e. The number of halogens is 2. The fourth-order valence-electron chi connectivity index (χ4n) is 2.43. The molecule has 0 aliphatic heterocycles. The first-order chi connectivity index (χ1) is 13.8. The van der Waals surface area contributed by atoms with Crippen LogP contribution >= 0.6 is 0 Å². The van der Waals surface area contributed by atoms with Crippen LogP contribution in [0.15, 0.2) is 65.6 Å². The molecule has 0 saturated carbocycles. The number of nitro groups is 1. The first-order valence-electron chi connectivity index (χ1n) is 8.20. The Morgan fingerprint density at radius 3 is 2.48 bits per heavy atom. The fraction of sp³-hybridized carbons (Fsp3) is 0.0526. The van der Waals surface area contributed by atoms with E-state index < -0.39 is 33.7 Å². The minimum Gasteiger partial charge on any atom is -0.406 e. The van der Waals surface area contributed by atoms with E-state index in [0.29, 0.717) is 11.6 Å². The van der Waals surface area contributed by atoms with E-state index in [-0.39, 0.29) is 17.9 Å². The summed E-state index contributed by atoms with van der Waals surface area (Å²) in [5.74, 6) is -2.19. The third kappa shape index (κ3) is 4.61. The molecule has 0 bridgehead atoms. The molecule has 0 aliphatic carbocycles. The minimum absolute atomic E-state index is 0.0608. The normalized spacial score (nSPS) is 10.4. The molecule has 2 aromatic carbocycles. The van der Waals surface area contributed by atoms with Gasteiger partial charge < -0.3 is 10.2 Å². The molecule has 1 amide bonds. The zero-order valence-corrected chi connectivity index (χ0v) is 14.7. The Morgan fingerprint density at radius 1 is 1.10 bits per heavy atom. The zero-order valence-electron chi connectivity index (χ0n) is 14.7. The number of carbonyl (C=O) groups is 1. The van der Waals surface area contributed by atoms with Gasteiger partial charge in [-0.15, -0.1) is 0 Å². The van der Waals surface area contributed by atoms with Gasteiger partial charge in [-0.2, -0.15) is 4.73 Å². The van der Waals surface area contributed by atoms with Gasteiger partial charge in [-0.05, 0) is 42.0 Å². The number of hydrogen-bond donors (Lipinski definition) is 1. The van der Waals surface area contributed by atoms with E-state index in [2.05, 4.69) is 5.32 Å². The average molecular weight is 401 g/mol. The third-order valence-corrected chi connectivity index (χ3v) is 3.85. The van der Waals surface area contributed by atoms with Gasteiger partial charge in [0.15, 0.2) is 0 Å². The molecule has 0 fully saturated rings. The summed E-state index contributed by atoms with van der Waals surface area (Å²) < 4.78 is 27.0. The molecule has 3 aromatic rings. The maximum Gasteiger partial charge on any atom is 0.295 e. The molecule has 29 heavy (non-hydrogen) atoms. The SMILES string of the molecule is O=C(Nc1ccc(F)cc1[N+](=O)[O-])c1cccn(OCc2ccc(F)cc2)c1=O. The number of nitrogens with zero attached hydrogens (tertiary/aromatic N) is 2. The van der Waals surface area contributed by atoms with Gasteiger partial charge in [-0.1, -0.05) is 12.1 Å². The molecule has 0 spiro atoms. The summed E-state index contributed by atoms with van der Waals surface area (Å²) in [7, 11) is 0. The Hall–Kier alpha value is -4.08. The van der Waals surface area contributed by atoms with Crippen LogP contribution in [0.5, 0.6) is 0 Å². The molecule has 8 nitrogen and oxygen atoms in total. The summed E-state index contributed by atoms with van der Waals surface area (Å²) in [6, 6.07) is 10.6. The number of hydrogen-bond acceptors (Lipinski definition) is 5. The summed E-state index contributed by atoms with van der Waals surface area (Å²) >= 11 is 0. The number of nitrogens with one attached hydrogen (secondary N) is 1. The molecule has 148 valence electrons. The van der Waals surface area contributed by atoms with Crippen molar-refractivity contribution in [2.45, 2.75) is 6.61 Å². The highest BCUT2D eigenvalue weighted by Crippen LogP contribution is 2.25. The smallest absolute Gasteiger partial charge is 0.295 e. The van der Waals surface area contributed by atoms with E-state index in [9.17, 15) is 28.5 Å². The van der Waals surface area contributed by atoms with Gasteiger partial charge in [-0.25, -0.2) is 8.78 Å². The van der Waals surface area contributed by atoms with Crippen molar-refractivity contribution in [1.29, 1.82) is 0 Å². The van der Waals surface area contributed by atoms with Gasteiger partial charge in [0.2, 0.25) is 0 Å². The van der Waals surface area contributed by atoms with E-state index in [1.807, 2.05) is 0 Å². The van der Waals surface area contributed by atoms with Crippen LogP contribution in [0.25, 0.3) is 0 Å². The lowest BCUT2D eigenvalue weighted by Gasteiger charge is -2.10. The molecule has 1 heterocycles. The molecular weight excluding hydrogens is 388 g/mol. The maximum atomic E-state index is 13.2. The molecular formula is C19H13F2N3O5. The van der Waals surface area contributed by atoms with Gasteiger partial charge in [-0.3, -0.25) is 19.7 Å². The number of aromatic nitrogens is 1. The molecule has 0 unspecified atom stereocenters. The predicted octanol–water partition coefficient (Wildman–Crippen LogP) is 2.92. The van der Waals surface area contributed by atoms with Crippen LogP contribution in [0.1, 0.15) is 15.9 Å². The Labute approximate surface area is 162 Å². The summed E-state index contributed by atoms with van der Waals surface area (Å²) in [6.07, 6.45) is 1.28. The first kappa shape index (κ1) is 19.7. The van der Waals surface area contributed by atoms with Crippen molar-refractivity contribution in [2.75, 3.05) is 5.32 Å². The zero-order chi connectivity index (χ0) is 21.0. The van der Waals surface area contributed by atoms with Crippen molar-refractivity contribution in [3.63, 3.8) is 0 Å². The monoisotopic (exact) mass is 401 g/mol. The molecule has 1 N–H and O–H groups in total. The van der Waals surface area contributed by atoms with Crippen LogP contribution in [-0.2, 0) is 6.61 Å². The predicted molar refractivity (Wildman–Crippen MR) is 98.4 cm³/mol. The standard InChI is InChI=1S/C19H13F2N3O5/c20-13-5-3-12(4-6-13)11-29-23-9-1-2-15(19(23)26)18(25)22-16-8-7-14(21)10-17(16)24(27)28/h1-10H,11H2,(H,22,25). The number of anilines is 1. The number of pyridine rings is 1. The molecule has 10 heteroatoms. The number of carbonyl (C=O) groups excluding carboxylic acids is 1. The van der Waals surface area contributed by atoms with Crippen LogP contribution in [0, 0.1) is 21.7 Å².